The van der Waals surface area contributed by atoms with Crippen LogP contribution < -0.4 is 28.5 Å². The zero-order valence-electron chi connectivity index (χ0n) is 19.9. The lowest BCUT2D eigenvalue weighted by Gasteiger charge is -2.06. The zero-order chi connectivity index (χ0) is 22.2. The van der Waals surface area contributed by atoms with Crippen LogP contribution in [0.3, 0.4) is 0 Å². The van der Waals surface area contributed by atoms with E-state index in [2.05, 4.69) is 6.92 Å². The van der Waals surface area contributed by atoms with Gasteiger partial charge in [0.15, 0.2) is 12.4 Å². The van der Waals surface area contributed by atoms with E-state index in [1.165, 1.54) is 77.0 Å². The number of aryl methyl sites for hydroxylation is 1. The summed E-state index contributed by atoms with van der Waals surface area (Å²) in [6.45, 7) is 2.52. The van der Waals surface area contributed by atoms with E-state index >= 15 is 0 Å². The van der Waals surface area contributed by atoms with Crippen molar-refractivity contribution < 1.29 is 38.4 Å². The Kier molecular flexibility index (Phi) is 16.1. The summed E-state index contributed by atoms with van der Waals surface area (Å²) in [4.78, 5) is 12.5. The van der Waals surface area contributed by atoms with Crippen molar-refractivity contribution in [2.24, 2.45) is 0 Å². The second-order valence-corrected chi connectivity index (χ2v) is 8.82. The third-order valence-electron chi connectivity index (χ3n) is 6.04. The van der Waals surface area contributed by atoms with Crippen molar-refractivity contribution >= 4 is 5.78 Å². The first-order valence-corrected chi connectivity index (χ1v) is 12.5. The number of hydrogen-bond donors (Lipinski definition) is 1. The van der Waals surface area contributed by atoms with E-state index in [0.29, 0.717) is 5.56 Å². The Bertz CT molecular complexity index is 748. The van der Waals surface area contributed by atoms with Gasteiger partial charge in [0.25, 0.3) is 0 Å². The number of carbonyl (C=O) groups is 1. The number of phenolic OH excluding ortho intramolecular Hbond substituents is 1. The Balaban J connectivity index is 0.00000512. The number of carbonyl (C=O) groups excluding carboxylic acids is 1. The number of hydrogen-bond acceptors (Lipinski definition) is 2. The molecule has 1 N–H and O–H groups in total. The molecule has 0 atom stereocenters. The molecule has 32 heavy (non-hydrogen) atoms. The number of rotatable bonds is 17. The molecule has 3 nitrogen and oxygen atoms in total. The van der Waals surface area contributed by atoms with Crippen LogP contribution in [0.1, 0.15) is 106 Å². The van der Waals surface area contributed by atoms with Gasteiger partial charge in [0, 0.05) is 12.1 Å². The van der Waals surface area contributed by atoms with Crippen LogP contribution in [0, 0.1) is 0 Å². The lowest BCUT2D eigenvalue weighted by Crippen LogP contribution is -3.00. The van der Waals surface area contributed by atoms with Crippen LogP contribution in [0.15, 0.2) is 48.8 Å². The van der Waals surface area contributed by atoms with Gasteiger partial charge in [0.05, 0.1) is 5.56 Å². The largest absolute Gasteiger partial charge is 1.00 e. The first-order valence-electron chi connectivity index (χ1n) is 12.5. The fourth-order valence-electron chi connectivity index (χ4n) is 4.11. The molecular weight excluding hydrogens is 509 g/mol. The van der Waals surface area contributed by atoms with E-state index < -0.39 is 0 Å². The minimum absolute atomic E-state index is 0. The molecule has 0 aliphatic carbocycles. The number of aromatic hydroxyl groups is 1. The van der Waals surface area contributed by atoms with Gasteiger partial charge in [-0.25, -0.2) is 0 Å². The van der Waals surface area contributed by atoms with Crippen molar-refractivity contribution in [3.63, 3.8) is 0 Å². The maximum absolute atomic E-state index is 12.5. The molecule has 0 fully saturated rings. The molecule has 2 rings (SSSR count). The van der Waals surface area contributed by atoms with Crippen molar-refractivity contribution in [1.82, 2.24) is 0 Å². The highest BCUT2D eigenvalue weighted by atomic mass is 127. The number of pyridine rings is 1. The molecule has 2 aromatic rings. The molecular formula is C28H42INO2. The predicted octanol–water partition coefficient (Wildman–Crippen LogP) is 4.20. The molecule has 0 saturated heterocycles. The lowest BCUT2D eigenvalue weighted by molar-refractivity contribution is -0.683. The van der Waals surface area contributed by atoms with Gasteiger partial charge in [-0.05, 0) is 30.5 Å². The fourth-order valence-corrected chi connectivity index (χ4v) is 4.11. The van der Waals surface area contributed by atoms with Crippen LogP contribution in [0.5, 0.6) is 5.75 Å². The van der Waals surface area contributed by atoms with E-state index in [-0.39, 0.29) is 42.1 Å². The quantitative estimate of drug-likeness (QED) is 0.139. The molecule has 0 radical (unpaired) electrons. The minimum atomic E-state index is -0.0683. The number of halogens is 1. The van der Waals surface area contributed by atoms with E-state index in [0.717, 1.165) is 18.4 Å². The molecule has 0 bridgehead atoms. The van der Waals surface area contributed by atoms with Crippen molar-refractivity contribution in [3.8, 4) is 5.75 Å². The first kappa shape index (κ1) is 28.6. The molecule has 1 aromatic heterocycles. The van der Waals surface area contributed by atoms with Gasteiger partial charge in [-0.2, -0.15) is 4.57 Å². The van der Waals surface area contributed by atoms with Gasteiger partial charge in [-0.3, -0.25) is 4.79 Å². The third-order valence-corrected chi connectivity index (χ3v) is 6.04. The van der Waals surface area contributed by atoms with Crippen LogP contribution in [0.2, 0.25) is 0 Å². The Morgan fingerprint density at radius 3 is 1.84 bits per heavy atom. The second-order valence-electron chi connectivity index (χ2n) is 8.82. The fraction of sp³-hybridized carbons (Fsp3) is 0.571. The maximum Gasteiger partial charge on any atom is 0.231 e. The SMILES string of the molecule is CCCCCCCCCCCCCCCc1ccc(C(=O)C[n+]2ccccc2)c(O)c1.[I-]. The Morgan fingerprint density at radius 2 is 1.31 bits per heavy atom. The van der Waals surface area contributed by atoms with Crippen LogP contribution >= 0.6 is 0 Å². The summed E-state index contributed by atoms with van der Waals surface area (Å²) < 4.78 is 1.82. The van der Waals surface area contributed by atoms with E-state index in [1.807, 2.05) is 41.2 Å². The molecule has 4 heteroatoms. The molecule has 0 aliphatic heterocycles. The van der Waals surface area contributed by atoms with Crippen molar-refractivity contribution in [2.45, 2.75) is 103 Å². The average Bonchev–Trinajstić information content (AvgIpc) is 2.77. The molecule has 0 spiro atoms. The number of nitrogens with zero attached hydrogens (tertiary/aromatic N) is 1. The lowest BCUT2D eigenvalue weighted by atomic mass is 10.0. The monoisotopic (exact) mass is 551 g/mol. The third kappa shape index (κ3) is 12.0. The van der Waals surface area contributed by atoms with Gasteiger partial charge in [-0.15, -0.1) is 0 Å². The highest BCUT2D eigenvalue weighted by Gasteiger charge is 2.16. The van der Waals surface area contributed by atoms with Crippen molar-refractivity contribution in [3.05, 3.63) is 59.9 Å². The topological polar surface area (TPSA) is 41.2 Å². The predicted molar refractivity (Wildman–Crippen MR) is 128 cm³/mol. The molecule has 178 valence electrons. The molecule has 0 saturated carbocycles. The van der Waals surface area contributed by atoms with E-state index in [9.17, 15) is 9.90 Å². The summed E-state index contributed by atoms with van der Waals surface area (Å²) >= 11 is 0. The Morgan fingerprint density at radius 1 is 0.781 bits per heavy atom. The van der Waals surface area contributed by atoms with Crippen molar-refractivity contribution in [1.29, 1.82) is 0 Å². The van der Waals surface area contributed by atoms with E-state index in [4.69, 9.17) is 0 Å². The smallest absolute Gasteiger partial charge is 0.231 e. The number of Topliss-reactive ketones (excluding diaryl/α,β-unsaturated/α-hetero) is 1. The highest BCUT2D eigenvalue weighted by molar-refractivity contribution is 5.97. The number of unbranched alkanes of at least 4 members (excludes halogenated alkanes) is 12. The maximum atomic E-state index is 12.5. The molecule has 0 amide bonds. The minimum Gasteiger partial charge on any atom is -1.00 e. The Hall–Kier alpha value is -1.43. The van der Waals surface area contributed by atoms with Gasteiger partial charge >= 0.3 is 0 Å². The zero-order valence-corrected chi connectivity index (χ0v) is 22.1. The summed E-state index contributed by atoms with van der Waals surface area (Å²) in [5.74, 6) is 0.0370. The number of ketones is 1. The summed E-state index contributed by atoms with van der Waals surface area (Å²) in [7, 11) is 0. The van der Waals surface area contributed by atoms with Gasteiger partial charge in [-0.1, -0.05) is 96.1 Å². The number of aromatic nitrogens is 1. The summed E-state index contributed by atoms with van der Waals surface area (Å²) in [6, 6.07) is 11.2. The second kappa shape index (κ2) is 18.0. The molecule has 0 unspecified atom stereocenters. The summed E-state index contributed by atoms with van der Waals surface area (Å²) in [6.07, 6.45) is 22.3. The number of phenols is 1. The highest BCUT2D eigenvalue weighted by Crippen LogP contribution is 2.21. The van der Waals surface area contributed by atoms with Gasteiger partial charge in [0.1, 0.15) is 5.75 Å². The van der Waals surface area contributed by atoms with Crippen LogP contribution in [-0.2, 0) is 13.0 Å². The normalized spacial score (nSPS) is 10.7. The molecule has 1 aromatic carbocycles. The molecule has 1 heterocycles. The van der Waals surface area contributed by atoms with E-state index in [1.54, 1.807) is 12.1 Å². The van der Waals surface area contributed by atoms with Gasteiger partial charge < -0.3 is 29.1 Å². The standard InChI is InChI=1S/C28H41NO2.HI/c1-2-3-4-5-6-7-8-9-10-11-12-13-15-18-25-19-20-26(27(30)23-25)28(31)24-29-21-16-14-17-22-29;/h14,16-17,19-23H,2-13,15,18,24H2,1H3;1H. The van der Waals surface area contributed by atoms with Crippen LogP contribution in [0.4, 0.5) is 0 Å². The molecule has 0 aliphatic rings. The van der Waals surface area contributed by atoms with Gasteiger partial charge in [0.2, 0.25) is 12.3 Å². The number of benzene rings is 1. The first-order chi connectivity index (χ1) is 15.2. The van der Waals surface area contributed by atoms with Crippen molar-refractivity contribution in [2.75, 3.05) is 0 Å². The Labute approximate surface area is 212 Å². The summed E-state index contributed by atoms with van der Waals surface area (Å²) in [5.41, 5.74) is 1.52. The van der Waals surface area contributed by atoms with Crippen LogP contribution in [-0.4, -0.2) is 10.9 Å². The average molecular weight is 552 g/mol. The van der Waals surface area contributed by atoms with Crippen LogP contribution in [0.25, 0.3) is 0 Å². The summed E-state index contributed by atoms with van der Waals surface area (Å²) in [5, 5.41) is 10.3.